The fourth-order valence-electron chi connectivity index (χ4n) is 3.71. The fourth-order valence-corrected chi connectivity index (χ4v) is 6.24. The lowest BCUT2D eigenvalue weighted by Gasteiger charge is -2.24. The largest absolute Gasteiger partial charge is 0.351 e. The zero-order valence-corrected chi connectivity index (χ0v) is 19.0. The number of carbonyl (C=O) groups excluding carboxylic acids is 1. The van der Waals surface area contributed by atoms with Crippen LogP contribution in [-0.4, -0.2) is 42.2 Å². The van der Waals surface area contributed by atoms with Crippen LogP contribution in [0, 0.1) is 0 Å². The number of hydrogen-bond acceptors (Lipinski definition) is 5. The van der Waals surface area contributed by atoms with Crippen molar-refractivity contribution in [2.24, 2.45) is 7.05 Å². The number of benzene rings is 2. The summed E-state index contributed by atoms with van der Waals surface area (Å²) in [7, 11) is -1.86. The molecular formula is C22H24N4O3S2. The molecule has 0 aliphatic carbocycles. The number of fused-ring (bicyclic) bond motifs is 1. The topological polar surface area (TPSA) is 84.3 Å². The number of rotatable bonds is 7. The predicted octanol–water partition coefficient (Wildman–Crippen LogP) is 3.08. The summed E-state index contributed by atoms with van der Waals surface area (Å²) in [6, 6.07) is 13.6. The van der Waals surface area contributed by atoms with E-state index in [1.807, 2.05) is 49.0 Å². The standard InChI is InChI=1S/C22H24N4O3S2/c1-16-14-17-6-3-4-9-20(17)26(16)31(28,29)19-8-5-7-18(15-19)21(27)23-11-13-30-22-24-10-12-25(22)2/h3-10,12,15-16H,11,13-14H2,1-2H3,(H,23,27)/t16-/m0/s1. The molecule has 1 atom stereocenters. The third kappa shape index (κ3) is 4.33. The minimum atomic E-state index is -3.78. The molecule has 7 nitrogen and oxygen atoms in total. The van der Waals surface area contributed by atoms with Crippen LogP contribution in [0.3, 0.4) is 0 Å². The van der Waals surface area contributed by atoms with Crippen molar-refractivity contribution in [1.82, 2.24) is 14.9 Å². The van der Waals surface area contributed by atoms with Gasteiger partial charge in [-0.3, -0.25) is 9.10 Å². The Balaban J connectivity index is 1.46. The summed E-state index contributed by atoms with van der Waals surface area (Å²) in [6.07, 6.45) is 4.27. The van der Waals surface area contributed by atoms with Gasteiger partial charge in [0.2, 0.25) is 0 Å². The van der Waals surface area contributed by atoms with E-state index in [0.717, 1.165) is 10.7 Å². The van der Waals surface area contributed by atoms with E-state index < -0.39 is 10.0 Å². The smallest absolute Gasteiger partial charge is 0.264 e. The van der Waals surface area contributed by atoms with Gasteiger partial charge in [0, 0.05) is 43.3 Å². The number of amides is 1. The van der Waals surface area contributed by atoms with Gasteiger partial charge in [-0.25, -0.2) is 13.4 Å². The molecule has 1 amide bonds. The van der Waals surface area contributed by atoms with Gasteiger partial charge in [-0.15, -0.1) is 0 Å². The number of aromatic nitrogens is 2. The number of thioether (sulfide) groups is 1. The molecule has 0 bridgehead atoms. The summed E-state index contributed by atoms with van der Waals surface area (Å²) >= 11 is 1.54. The molecule has 9 heteroatoms. The fraction of sp³-hybridized carbons (Fsp3) is 0.273. The third-order valence-corrected chi connectivity index (χ3v) is 8.18. The zero-order valence-electron chi connectivity index (χ0n) is 17.4. The highest BCUT2D eigenvalue weighted by molar-refractivity contribution is 7.99. The average molecular weight is 457 g/mol. The summed E-state index contributed by atoms with van der Waals surface area (Å²) in [5.41, 5.74) is 2.04. The Morgan fingerprint density at radius 1 is 1.23 bits per heavy atom. The number of aryl methyl sites for hydroxylation is 1. The molecular weight excluding hydrogens is 432 g/mol. The Morgan fingerprint density at radius 2 is 2.03 bits per heavy atom. The third-order valence-electron chi connectivity index (χ3n) is 5.19. The Labute approximate surface area is 186 Å². The molecule has 2 heterocycles. The number of para-hydroxylation sites is 1. The number of nitrogens with one attached hydrogen (secondary N) is 1. The van der Waals surface area contributed by atoms with Crippen molar-refractivity contribution in [3.8, 4) is 0 Å². The molecule has 4 rings (SSSR count). The molecule has 0 radical (unpaired) electrons. The monoisotopic (exact) mass is 456 g/mol. The summed E-state index contributed by atoms with van der Waals surface area (Å²) in [5, 5.41) is 3.73. The Hall–Kier alpha value is -2.78. The second-order valence-electron chi connectivity index (χ2n) is 7.44. The van der Waals surface area contributed by atoms with Crippen molar-refractivity contribution < 1.29 is 13.2 Å². The molecule has 1 aliphatic rings. The quantitative estimate of drug-likeness (QED) is 0.436. The van der Waals surface area contributed by atoms with Crippen molar-refractivity contribution in [3.05, 3.63) is 72.1 Å². The van der Waals surface area contributed by atoms with Crippen molar-refractivity contribution in [1.29, 1.82) is 0 Å². The molecule has 162 valence electrons. The average Bonchev–Trinajstić information content (AvgIpc) is 3.33. The molecule has 1 aliphatic heterocycles. The van der Waals surface area contributed by atoms with Crippen LogP contribution < -0.4 is 9.62 Å². The van der Waals surface area contributed by atoms with Crippen molar-refractivity contribution >= 4 is 33.4 Å². The normalized spacial score (nSPS) is 15.7. The van der Waals surface area contributed by atoms with Gasteiger partial charge < -0.3 is 9.88 Å². The van der Waals surface area contributed by atoms with E-state index >= 15 is 0 Å². The molecule has 1 aromatic heterocycles. The van der Waals surface area contributed by atoms with Crippen LogP contribution in [0.1, 0.15) is 22.8 Å². The van der Waals surface area contributed by atoms with Gasteiger partial charge in [0.1, 0.15) is 0 Å². The maximum absolute atomic E-state index is 13.4. The van der Waals surface area contributed by atoms with Gasteiger partial charge in [-0.2, -0.15) is 0 Å². The molecule has 0 saturated heterocycles. The van der Waals surface area contributed by atoms with Crippen LogP contribution in [0.4, 0.5) is 5.69 Å². The van der Waals surface area contributed by atoms with Crippen LogP contribution in [-0.2, 0) is 23.5 Å². The molecule has 31 heavy (non-hydrogen) atoms. The maximum atomic E-state index is 13.4. The lowest BCUT2D eigenvalue weighted by molar-refractivity contribution is 0.0956. The van der Waals surface area contributed by atoms with E-state index in [1.165, 1.54) is 16.4 Å². The lowest BCUT2D eigenvalue weighted by atomic mass is 10.1. The van der Waals surface area contributed by atoms with Gasteiger partial charge >= 0.3 is 0 Å². The first-order valence-corrected chi connectivity index (χ1v) is 12.4. The van der Waals surface area contributed by atoms with Crippen LogP contribution >= 0.6 is 11.8 Å². The van der Waals surface area contributed by atoms with E-state index in [4.69, 9.17) is 0 Å². The molecule has 0 unspecified atom stereocenters. The Bertz CT molecular complexity index is 1210. The number of imidazole rings is 1. The first kappa shape index (κ1) is 21.5. The van der Waals surface area contributed by atoms with Crippen molar-refractivity contribution in [3.63, 3.8) is 0 Å². The van der Waals surface area contributed by atoms with Crippen LogP contribution in [0.25, 0.3) is 0 Å². The molecule has 1 N–H and O–H groups in total. The lowest BCUT2D eigenvalue weighted by Crippen LogP contribution is -2.36. The summed E-state index contributed by atoms with van der Waals surface area (Å²) in [5.74, 6) is 0.365. The SMILES string of the molecule is C[C@H]1Cc2ccccc2N1S(=O)(=O)c1cccc(C(=O)NCCSc2nccn2C)c1. The first-order chi connectivity index (χ1) is 14.9. The van der Waals surface area contributed by atoms with Crippen LogP contribution in [0.2, 0.25) is 0 Å². The maximum Gasteiger partial charge on any atom is 0.264 e. The number of hydrogen-bond donors (Lipinski definition) is 1. The van der Waals surface area contributed by atoms with Gasteiger partial charge in [0.05, 0.1) is 10.6 Å². The zero-order chi connectivity index (χ0) is 22.0. The minimum absolute atomic E-state index is 0.117. The minimum Gasteiger partial charge on any atom is -0.351 e. The Kier molecular flexibility index (Phi) is 6.06. The second kappa shape index (κ2) is 8.76. The highest BCUT2D eigenvalue weighted by atomic mass is 32.2. The predicted molar refractivity (Wildman–Crippen MR) is 122 cm³/mol. The molecule has 0 spiro atoms. The van der Waals surface area contributed by atoms with E-state index in [0.29, 0.717) is 30.0 Å². The summed E-state index contributed by atoms with van der Waals surface area (Å²) < 4.78 is 30.2. The van der Waals surface area contributed by atoms with E-state index in [-0.39, 0.29) is 16.8 Å². The van der Waals surface area contributed by atoms with Crippen molar-refractivity contribution in [2.45, 2.75) is 29.4 Å². The number of anilines is 1. The number of sulfonamides is 1. The van der Waals surface area contributed by atoms with E-state index in [9.17, 15) is 13.2 Å². The molecule has 3 aromatic rings. The van der Waals surface area contributed by atoms with E-state index in [2.05, 4.69) is 10.3 Å². The summed E-state index contributed by atoms with van der Waals surface area (Å²) in [6.45, 7) is 2.34. The van der Waals surface area contributed by atoms with Gasteiger partial charge in [0.15, 0.2) is 5.16 Å². The van der Waals surface area contributed by atoms with Crippen LogP contribution in [0.5, 0.6) is 0 Å². The first-order valence-electron chi connectivity index (χ1n) is 9.98. The van der Waals surface area contributed by atoms with Gasteiger partial charge in [-0.1, -0.05) is 36.0 Å². The second-order valence-corrected chi connectivity index (χ2v) is 10.3. The highest BCUT2D eigenvalue weighted by Gasteiger charge is 2.36. The molecule has 2 aromatic carbocycles. The number of nitrogens with zero attached hydrogens (tertiary/aromatic N) is 3. The van der Waals surface area contributed by atoms with E-state index in [1.54, 1.807) is 30.1 Å². The molecule has 0 saturated carbocycles. The van der Waals surface area contributed by atoms with Crippen molar-refractivity contribution in [2.75, 3.05) is 16.6 Å². The van der Waals surface area contributed by atoms with Gasteiger partial charge in [0.25, 0.3) is 15.9 Å². The number of carbonyl (C=O) groups is 1. The molecule has 0 fully saturated rings. The highest BCUT2D eigenvalue weighted by Crippen LogP contribution is 2.36. The van der Waals surface area contributed by atoms with Crippen LogP contribution in [0.15, 0.2) is 71.0 Å². The Morgan fingerprint density at radius 3 is 2.81 bits per heavy atom. The summed E-state index contributed by atoms with van der Waals surface area (Å²) in [4.78, 5) is 16.9. The van der Waals surface area contributed by atoms with Gasteiger partial charge in [-0.05, 0) is 43.2 Å².